The second-order valence-electron chi connectivity index (χ2n) is 9.08. The average molecular weight is 491 g/mol. The standard InChI is InChI=1S/C26H23FN4O3S/c1-26(11-12-35(33,34)16-26)29-25(32)19-5-10-22-23(14-19)31(21-8-6-20(27)7-9-21)30-24(22)18-4-2-3-17(13-18)15-28/h2-10,13-14,33-34H,11-12,16H2,1H3,(H,29,32). The Morgan fingerprint density at radius 1 is 1.17 bits per heavy atom. The Morgan fingerprint density at radius 3 is 2.63 bits per heavy atom. The van der Waals surface area contributed by atoms with E-state index in [1.54, 1.807) is 53.2 Å². The van der Waals surface area contributed by atoms with Gasteiger partial charge < -0.3 is 5.32 Å². The van der Waals surface area contributed by atoms with Crippen molar-refractivity contribution in [2.45, 2.75) is 18.9 Å². The van der Waals surface area contributed by atoms with Gasteiger partial charge in [0, 0.05) is 22.3 Å². The predicted octanol–water partition coefficient (Wildman–Crippen LogP) is 5.35. The number of nitrogens with one attached hydrogen (secondary N) is 1. The fourth-order valence-electron chi connectivity index (χ4n) is 4.47. The highest BCUT2D eigenvalue weighted by Gasteiger charge is 2.39. The number of carbonyl (C=O) groups excluding carboxylic acids is 1. The van der Waals surface area contributed by atoms with E-state index in [2.05, 4.69) is 11.4 Å². The van der Waals surface area contributed by atoms with Crippen LogP contribution in [-0.2, 0) is 0 Å². The summed E-state index contributed by atoms with van der Waals surface area (Å²) in [5.41, 5.74) is 2.82. The third-order valence-corrected chi connectivity index (χ3v) is 8.18. The van der Waals surface area contributed by atoms with E-state index < -0.39 is 16.1 Å². The van der Waals surface area contributed by atoms with E-state index in [1.807, 2.05) is 13.0 Å². The Labute approximate surface area is 203 Å². The van der Waals surface area contributed by atoms with Gasteiger partial charge >= 0.3 is 0 Å². The molecule has 5 rings (SSSR count). The normalized spacial score (nSPS) is 19.9. The number of nitriles is 1. The Hall–Kier alpha value is -3.71. The molecule has 1 fully saturated rings. The zero-order chi connectivity index (χ0) is 24.8. The summed E-state index contributed by atoms with van der Waals surface area (Å²) in [4.78, 5) is 13.1. The molecule has 2 heterocycles. The molecule has 0 spiro atoms. The molecule has 1 amide bonds. The maximum Gasteiger partial charge on any atom is 0.251 e. The highest BCUT2D eigenvalue weighted by Crippen LogP contribution is 2.50. The van der Waals surface area contributed by atoms with Crippen molar-refractivity contribution in [1.82, 2.24) is 15.1 Å². The molecule has 1 atom stereocenters. The molecule has 3 N–H and O–H groups in total. The van der Waals surface area contributed by atoms with E-state index in [-0.39, 0.29) is 23.2 Å². The number of aromatic nitrogens is 2. The Bertz CT molecular complexity index is 1490. The van der Waals surface area contributed by atoms with Gasteiger partial charge in [0.15, 0.2) is 0 Å². The van der Waals surface area contributed by atoms with E-state index in [9.17, 15) is 23.6 Å². The molecule has 0 aliphatic carbocycles. The number of hydrogen-bond donors (Lipinski definition) is 3. The minimum absolute atomic E-state index is 0.126. The number of halogens is 1. The fraction of sp³-hybridized carbons (Fsp3) is 0.192. The van der Waals surface area contributed by atoms with Crippen LogP contribution in [0, 0.1) is 17.1 Å². The molecule has 4 aromatic rings. The summed E-state index contributed by atoms with van der Waals surface area (Å²) in [6.45, 7) is 1.81. The number of fused-ring (bicyclic) bond motifs is 1. The molecule has 7 nitrogen and oxygen atoms in total. The first-order valence-electron chi connectivity index (χ1n) is 11.0. The van der Waals surface area contributed by atoms with Gasteiger partial charge in [0.2, 0.25) is 0 Å². The molecule has 0 bridgehead atoms. The molecule has 1 unspecified atom stereocenters. The quantitative estimate of drug-likeness (QED) is 0.357. The molecule has 1 aromatic heterocycles. The van der Waals surface area contributed by atoms with E-state index in [0.29, 0.717) is 34.4 Å². The first kappa shape index (κ1) is 23.1. The number of nitrogens with zero attached hydrogens (tertiary/aromatic N) is 3. The van der Waals surface area contributed by atoms with Crippen LogP contribution in [0.4, 0.5) is 4.39 Å². The van der Waals surface area contributed by atoms with E-state index in [1.165, 1.54) is 12.1 Å². The summed E-state index contributed by atoms with van der Waals surface area (Å²) in [7, 11) is -2.68. The zero-order valence-corrected chi connectivity index (χ0v) is 19.7. The SMILES string of the molecule is CC1(NC(=O)c2ccc3c(-c4cccc(C#N)c4)nn(-c4ccc(F)cc4)c3c2)CCS(O)(O)C1. The second-order valence-corrected chi connectivity index (χ2v) is 11.4. The second kappa shape index (κ2) is 8.50. The van der Waals surface area contributed by atoms with Crippen LogP contribution in [0.2, 0.25) is 0 Å². The van der Waals surface area contributed by atoms with Crippen molar-refractivity contribution in [1.29, 1.82) is 5.26 Å². The van der Waals surface area contributed by atoms with E-state index >= 15 is 0 Å². The van der Waals surface area contributed by atoms with E-state index in [4.69, 9.17) is 5.10 Å². The van der Waals surface area contributed by atoms with Crippen molar-refractivity contribution in [3.05, 3.63) is 83.7 Å². The van der Waals surface area contributed by atoms with Crippen LogP contribution in [0.25, 0.3) is 27.8 Å². The molecular formula is C26H23FN4O3S. The molecule has 178 valence electrons. The van der Waals surface area contributed by atoms with Gasteiger partial charge in [0.05, 0.1) is 34.1 Å². The lowest BCUT2D eigenvalue weighted by Gasteiger charge is -2.30. The summed E-state index contributed by atoms with van der Waals surface area (Å²) < 4.78 is 35.3. The lowest BCUT2D eigenvalue weighted by Crippen LogP contribution is -2.46. The molecule has 35 heavy (non-hydrogen) atoms. The van der Waals surface area contributed by atoms with E-state index in [0.717, 1.165) is 10.9 Å². The van der Waals surface area contributed by atoms with Crippen LogP contribution in [-0.4, -0.2) is 41.8 Å². The molecule has 1 aliphatic heterocycles. The van der Waals surface area contributed by atoms with Crippen LogP contribution in [0.3, 0.4) is 0 Å². The molecule has 3 aromatic carbocycles. The lowest BCUT2D eigenvalue weighted by atomic mass is 10.0. The van der Waals surface area contributed by atoms with Crippen LogP contribution in [0.1, 0.15) is 29.3 Å². The number of amides is 1. The number of carbonyl (C=O) groups is 1. The fourth-order valence-corrected chi connectivity index (χ4v) is 6.63. The third kappa shape index (κ3) is 4.51. The Kier molecular flexibility index (Phi) is 5.60. The maximum atomic E-state index is 13.6. The summed E-state index contributed by atoms with van der Waals surface area (Å²) in [5.74, 6) is -0.305. The summed E-state index contributed by atoms with van der Waals surface area (Å²) in [6.07, 6.45) is 0.482. The molecule has 1 aliphatic rings. The Balaban J connectivity index is 1.60. The van der Waals surface area contributed by atoms with Gasteiger partial charge in [-0.15, -0.1) is 0 Å². The van der Waals surface area contributed by atoms with Gasteiger partial charge in [0.1, 0.15) is 11.5 Å². The maximum absolute atomic E-state index is 13.6. The third-order valence-electron chi connectivity index (χ3n) is 6.23. The van der Waals surface area contributed by atoms with Gasteiger partial charge in [-0.3, -0.25) is 13.9 Å². The molecule has 0 radical (unpaired) electrons. The van der Waals surface area contributed by atoms with Gasteiger partial charge in [-0.25, -0.2) is 9.07 Å². The average Bonchev–Trinajstić information content (AvgIpc) is 3.35. The van der Waals surface area contributed by atoms with Crippen molar-refractivity contribution in [3.8, 4) is 23.0 Å². The van der Waals surface area contributed by atoms with Crippen molar-refractivity contribution in [3.63, 3.8) is 0 Å². The van der Waals surface area contributed by atoms with Crippen LogP contribution >= 0.6 is 10.6 Å². The summed E-state index contributed by atoms with van der Waals surface area (Å²) in [5, 5.41) is 17.8. The van der Waals surface area contributed by atoms with Crippen molar-refractivity contribution in [2.75, 3.05) is 11.5 Å². The van der Waals surface area contributed by atoms with Crippen LogP contribution in [0.5, 0.6) is 0 Å². The van der Waals surface area contributed by atoms with Gasteiger partial charge in [-0.2, -0.15) is 21.0 Å². The lowest BCUT2D eigenvalue weighted by molar-refractivity contribution is 0.0915. The van der Waals surface area contributed by atoms with Crippen molar-refractivity contribution in [2.24, 2.45) is 0 Å². The Morgan fingerprint density at radius 2 is 1.94 bits per heavy atom. The minimum Gasteiger partial charge on any atom is -0.345 e. The monoisotopic (exact) mass is 490 g/mol. The van der Waals surface area contributed by atoms with Gasteiger partial charge in [-0.1, -0.05) is 12.1 Å². The molecular weight excluding hydrogens is 467 g/mol. The summed E-state index contributed by atoms with van der Waals surface area (Å²) >= 11 is 0. The zero-order valence-electron chi connectivity index (χ0n) is 18.9. The van der Waals surface area contributed by atoms with Crippen molar-refractivity contribution >= 4 is 27.4 Å². The largest absolute Gasteiger partial charge is 0.345 e. The number of hydrogen-bond acceptors (Lipinski definition) is 5. The smallest absolute Gasteiger partial charge is 0.251 e. The van der Waals surface area contributed by atoms with Crippen LogP contribution < -0.4 is 5.32 Å². The first-order chi connectivity index (χ1) is 16.7. The molecule has 0 saturated carbocycles. The first-order valence-corrected chi connectivity index (χ1v) is 12.9. The topological polar surface area (TPSA) is 111 Å². The van der Waals surface area contributed by atoms with Gasteiger partial charge in [0.25, 0.3) is 5.91 Å². The van der Waals surface area contributed by atoms with Gasteiger partial charge in [-0.05, 0) is 67.9 Å². The minimum atomic E-state index is -2.68. The molecule has 1 saturated heterocycles. The molecule has 9 heteroatoms. The predicted molar refractivity (Wildman–Crippen MR) is 134 cm³/mol. The highest BCUT2D eigenvalue weighted by atomic mass is 32.3. The summed E-state index contributed by atoms with van der Waals surface area (Å²) in [6, 6.07) is 20.3. The van der Waals surface area contributed by atoms with Crippen LogP contribution in [0.15, 0.2) is 66.7 Å². The van der Waals surface area contributed by atoms with Crippen molar-refractivity contribution < 1.29 is 18.3 Å². The number of benzene rings is 3. The highest BCUT2D eigenvalue weighted by molar-refractivity contribution is 8.24. The number of rotatable bonds is 4.